The summed E-state index contributed by atoms with van der Waals surface area (Å²) < 4.78 is 37.7. The first kappa shape index (κ1) is 18.2. The van der Waals surface area contributed by atoms with Gasteiger partial charge in [-0.3, -0.25) is 9.78 Å². The van der Waals surface area contributed by atoms with Gasteiger partial charge < -0.3 is 9.15 Å². The largest absolute Gasteiger partial charge is 0.486 e. The molecule has 1 aromatic carbocycles. The van der Waals surface area contributed by atoms with Gasteiger partial charge in [0.2, 0.25) is 0 Å². The van der Waals surface area contributed by atoms with Crippen LogP contribution >= 0.6 is 15.9 Å². The Morgan fingerprint density at radius 2 is 1.92 bits per heavy atom. The van der Waals surface area contributed by atoms with Crippen LogP contribution < -0.4 is 9.46 Å². The Morgan fingerprint density at radius 3 is 2.65 bits per heavy atom. The Kier molecular flexibility index (Phi) is 5.38. The lowest BCUT2D eigenvalue weighted by molar-refractivity contribution is 0.0950. The molecule has 134 valence electrons. The Balaban J connectivity index is 1.66. The summed E-state index contributed by atoms with van der Waals surface area (Å²) in [6.07, 6.45) is 2.58. The number of rotatable bonds is 6. The fraction of sp³-hybridized carbons (Fsp3) is 0.0588. The Labute approximate surface area is 158 Å². The Morgan fingerprint density at radius 1 is 1.15 bits per heavy atom. The lowest BCUT2D eigenvalue weighted by Crippen LogP contribution is -2.30. The van der Waals surface area contributed by atoms with Crippen LogP contribution in [0.25, 0.3) is 0 Å². The molecule has 1 amide bonds. The van der Waals surface area contributed by atoms with E-state index in [4.69, 9.17) is 9.15 Å². The van der Waals surface area contributed by atoms with Crippen molar-refractivity contribution in [3.63, 3.8) is 0 Å². The Bertz CT molecular complexity index is 1020. The molecule has 0 spiro atoms. The van der Waals surface area contributed by atoms with E-state index >= 15 is 0 Å². The van der Waals surface area contributed by atoms with Crippen LogP contribution in [0.4, 0.5) is 0 Å². The summed E-state index contributed by atoms with van der Waals surface area (Å²) >= 11 is 3.13. The molecule has 0 aliphatic carbocycles. The van der Waals surface area contributed by atoms with E-state index in [0.717, 1.165) is 6.20 Å². The molecule has 2 aromatic heterocycles. The number of furan rings is 1. The van der Waals surface area contributed by atoms with Gasteiger partial charge in [-0.1, -0.05) is 18.2 Å². The molecule has 0 unspecified atom stereocenters. The third kappa shape index (κ3) is 4.50. The van der Waals surface area contributed by atoms with Crippen molar-refractivity contribution in [2.45, 2.75) is 11.5 Å². The number of sulfonamides is 1. The zero-order valence-electron chi connectivity index (χ0n) is 13.3. The molecule has 0 bridgehead atoms. The average molecular weight is 437 g/mol. The molecule has 3 aromatic rings. The highest BCUT2D eigenvalue weighted by molar-refractivity contribution is 9.10. The minimum atomic E-state index is -4.06. The first-order chi connectivity index (χ1) is 12.4. The smallest absolute Gasteiger partial charge is 0.300 e. The first-order valence-corrected chi connectivity index (χ1v) is 9.66. The van der Waals surface area contributed by atoms with Crippen molar-refractivity contribution in [1.82, 2.24) is 9.71 Å². The van der Waals surface area contributed by atoms with Crippen LogP contribution in [0.5, 0.6) is 5.75 Å². The predicted molar refractivity (Wildman–Crippen MR) is 96.1 cm³/mol. The molecule has 3 rings (SSSR count). The van der Waals surface area contributed by atoms with E-state index in [-0.39, 0.29) is 17.3 Å². The SMILES string of the molecule is O=C(NS(=O)(=O)c1cncc(Br)c1)c1ccc(COc2ccccc2)o1. The highest BCUT2D eigenvalue weighted by Gasteiger charge is 2.21. The van der Waals surface area contributed by atoms with Crippen LogP contribution in [0.2, 0.25) is 0 Å². The maximum absolute atomic E-state index is 12.2. The standard InChI is InChI=1S/C17H13BrN2O5S/c18-12-8-15(10-19-9-12)26(22,23)20-17(21)16-7-6-14(25-16)11-24-13-4-2-1-3-5-13/h1-10H,11H2,(H,20,21). The van der Waals surface area contributed by atoms with Crippen molar-refractivity contribution in [2.24, 2.45) is 0 Å². The van der Waals surface area contributed by atoms with Gasteiger partial charge in [-0.05, 0) is 46.3 Å². The third-order valence-corrected chi connectivity index (χ3v) is 4.96. The molecule has 0 fully saturated rings. The van der Waals surface area contributed by atoms with Crippen molar-refractivity contribution >= 4 is 31.9 Å². The van der Waals surface area contributed by atoms with Gasteiger partial charge >= 0.3 is 5.91 Å². The van der Waals surface area contributed by atoms with E-state index in [2.05, 4.69) is 20.9 Å². The fourth-order valence-corrected chi connectivity index (χ4v) is 3.48. The number of amides is 1. The van der Waals surface area contributed by atoms with Crippen LogP contribution in [0.15, 0.2) is 74.7 Å². The number of nitrogens with one attached hydrogen (secondary N) is 1. The van der Waals surface area contributed by atoms with E-state index in [1.807, 2.05) is 22.9 Å². The van der Waals surface area contributed by atoms with E-state index in [1.54, 1.807) is 18.2 Å². The van der Waals surface area contributed by atoms with Gasteiger partial charge in [0.15, 0.2) is 5.76 Å². The number of carbonyl (C=O) groups excluding carboxylic acids is 1. The van der Waals surface area contributed by atoms with Crippen molar-refractivity contribution in [3.8, 4) is 5.75 Å². The molecule has 2 heterocycles. The zero-order chi connectivity index (χ0) is 18.6. The van der Waals surface area contributed by atoms with Crippen molar-refractivity contribution in [2.75, 3.05) is 0 Å². The highest BCUT2D eigenvalue weighted by atomic mass is 79.9. The minimum absolute atomic E-state index is 0.111. The average Bonchev–Trinajstić information content (AvgIpc) is 3.10. The van der Waals surface area contributed by atoms with E-state index in [1.165, 1.54) is 18.3 Å². The summed E-state index contributed by atoms with van der Waals surface area (Å²) in [6.45, 7) is 0.111. The lowest BCUT2D eigenvalue weighted by atomic mass is 10.3. The summed E-state index contributed by atoms with van der Waals surface area (Å²) in [5, 5.41) is 0. The first-order valence-electron chi connectivity index (χ1n) is 7.38. The molecule has 0 atom stereocenters. The van der Waals surface area contributed by atoms with Gasteiger partial charge in [-0.25, -0.2) is 13.1 Å². The molecule has 1 N–H and O–H groups in total. The number of halogens is 1. The number of para-hydroxylation sites is 1. The summed E-state index contributed by atoms with van der Waals surface area (Å²) in [5.74, 6) is 0.0271. The molecule has 0 radical (unpaired) electrons. The number of hydrogen-bond acceptors (Lipinski definition) is 6. The second-order valence-corrected chi connectivity index (χ2v) is 7.74. The van der Waals surface area contributed by atoms with Crippen LogP contribution in [0.1, 0.15) is 16.3 Å². The number of benzene rings is 1. The number of pyridine rings is 1. The third-order valence-electron chi connectivity index (χ3n) is 3.23. The van der Waals surface area contributed by atoms with Crippen molar-refractivity contribution < 1.29 is 22.4 Å². The molecule has 26 heavy (non-hydrogen) atoms. The topological polar surface area (TPSA) is 98.5 Å². The van der Waals surface area contributed by atoms with Crippen LogP contribution in [-0.2, 0) is 16.6 Å². The maximum atomic E-state index is 12.2. The van der Waals surface area contributed by atoms with E-state index < -0.39 is 15.9 Å². The summed E-state index contributed by atoms with van der Waals surface area (Å²) in [7, 11) is -4.06. The molecule has 7 nitrogen and oxygen atoms in total. The molecule has 0 saturated heterocycles. The van der Waals surface area contributed by atoms with Crippen molar-refractivity contribution in [1.29, 1.82) is 0 Å². The van der Waals surface area contributed by atoms with Gasteiger partial charge in [0, 0.05) is 16.9 Å². The summed E-state index contributed by atoms with van der Waals surface area (Å²) in [6, 6.07) is 13.4. The predicted octanol–water partition coefficient (Wildman–Crippen LogP) is 3.13. The molecule has 0 saturated carbocycles. The second kappa shape index (κ2) is 7.71. The lowest BCUT2D eigenvalue weighted by Gasteiger charge is -2.05. The molecule has 9 heteroatoms. The van der Waals surface area contributed by atoms with Gasteiger partial charge in [0.1, 0.15) is 23.0 Å². The number of hydrogen-bond donors (Lipinski definition) is 1. The quantitative estimate of drug-likeness (QED) is 0.637. The molecule has 0 aliphatic rings. The van der Waals surface area contributed by atoms with Gasteiger partial charge in [0.25, 0.3) is 10.0 Å². The van der Waals surface area contributed by atoms with E-state index in [9.17, 15) is 13.2 Å². The van der Waals surface area contributed by atoms with Crippen LogP contribution in [0.3, 0.4) is 0 Å². The van der Waals surface area contributed by atoms with Gasteiger partial charge in [-0.2, -0.15) is 0 Å². The normalized spacial score (nSPS) is 11.1. The monoisotopic (exact) mass is 436 g/mol. The number of aromatic nitrogens is 1. The number of carbonyl (C=O) groups is 1. The van der Waals surface area contributed by atoms with Crippen LogP contribution in [0, 0.1) is 0 Å². The van der Waals surface area contributed by atoms with Gasteiger partial charge in [-0.15, -0.1) is 0 Å². The second-order valence-electron chi connectivity index (χ2n) is 5.14. The summed E-state index contributed by atoms with van der Waals surface area (Å²) in [5.41, 5.74) is 0. The zero-order valence-corrected chi connectivity index (χ0v) is 15.7. The molecule has 0 aliphatic heterocycles. The van der Waals surface area contributed by atoms with Crippen molar-refractivity contribution in [3.05, 3.63) is 76.9 Å². The maximum Gasteiger partial charge on any atom is 0.300 e. The van der Waals surface area contributed by atoms with E-state index in [0.29, 0.717) is 16.0 Å². The fourth-order valence-electron chi connectivity index (χ4n) is 2.02. The van der Waals surface area contributed by atoms with Crippen LogP contribution in [-0.4, -0.2) is 19.3 Å². The molecular formula is C17H13BrN2O5S. The minimum Gasteiger partial charge on any atom is -0.486 e. The number of nitrogens with zero attached hydrogens (tertiary/aromatic N) is 1. The highest BCUT2D eigenvalue weighted by Crippen LogP contribution is 2.16. The summed E-state index contributed by atoms with van der Waals surface area (Å²) in [4.78, 5) is 15.8. The number of ether oxygens (including phenoxy) is 1. The molecular weight excluding hydrogens is 424 g/mol. The Hall–Kier alpha value is -2.65. The van der Waals surface area contributed by atoms with Gasteiger partial charge in [0.05, 0.1) is 0 Å².